The van der Waals surface area contributed by atoms with Crippen molar-refractivity contribution in [3.63, 3.8) is 0 Å². The van der Waals surface area contributed by atoms with Crippen molar-refractivity contribution in [1.82, 2.24) is 15.0 Å². The van der Waals surface area contributed by atoms with Gasteiger partial charge in [0.25, 0.3) is 0 Å². The third kappa shape index (κ3) is 4.30. The van der Waals surface area contributed by atoms with Crippen molar-refractivity contribution >= 4 is 29.3 Å². The number of carboxylic acids is 1. The molecule has 0 aliphatic carbocycles. The fourth-order valence-corrected chi connectivity index (χ4v) is 1.66. The van der Waals surface area contributed by atoms with Crippen LogP contribution in [0.2, 0.25) is 5.28 Å². The van der Waals surface area contributed by atoms with Gasteiger partial charge in [-0.15, -0.1) is 0 Å². The molecule has 1 rings (SSSR count). The molecule has 15 heavy (non-hydrogen) atoms. The summed E-state index contributed by atoms with van der Waals surface area (Å²) < 4.78 is 4.79. The van der Waals surface area contributed by atoms with Gasteiger partial charge in [-0.1, -0.05) is 11.8 Å². The Morgan fingerprint density at radius 3 is 2.87 bits per heavy atom. The lowest BCUT2D eigenvalue weighted by atomic mass is 10.5. The van der Waals surface area contributed by atoms with Crippen LogP contribution in [0.4, 0.5) is 0 Å². The average Bonchev–Trinajstić information content (AvgIpc) is 2.16. The van der Waals surface area contributed by atoms with Gasteiger partial charge in [0.1, 0.15) is 0 Å². The van der Waals surface area contributed by atoms with Crippen LogP contribution in [0.25, 0.3) is 0 Å². The predicted molar refractivity (Wildman–Crippen MR) is 54.4 cm³/mol. The van der Waals surface area contributed by atoms with E-state index in [0.717, 1.165) is 0 Å². The topological polar surface area (TPSA) is 85.2 Å². The van der Waals surface area contributed by atoms with Crippen LogP contribution in [0.5, 0.6) is 6.01 Å². The molecule has 0 aliphatic rings. The number of rotatable bonds is 5. The molecule has 0 saturated carbocycles. The molecule has 1 heterocycles. The first-order chi connectivity index (χ1) is 7.11. The minimum Gasteiger partial charge on any atom is -0.481 e. The molecule has 0 saturated heterocycles. The maximum Gasteiger partial charge on any atom is 0.321 e. The van der Waals surface area contributed by atoms with Crippen molar-refractivity contribution in [1.29, 1.82) is 0 Å². The van der Waals surface area contributed by atoms with Crippen LogP contribution in [-0.2, 0) is 4.79 Å². The van der Waals surface area contributed by atoms with Crippen LogP contribution >= 0.6 is 23.4 Å². The zero-order chi connectivity index (χ0) is 11.3. The highest BCUT2D eigenvalue weighted by Gasteiger charge is 2.06. The molecule has 1 N–H and O–H groups in total. The van der Waals surface area contributed by atoms with Gasteiger partial charge >= 0.3 is 12.0 Å². The van der Waals surface area contributed by atoms with Crippen molar-refractivity contribution in [2.24, 2.45) is 0 Å². The van der Waals surface area contributed by atoms with Crippen molar-refractivity contribution in [2.45, 2.75) is 11.6 Å². The van der Waals surface area contributed by atoms with Crippen molar-refractivity contribution < 1.29 is 14.6 Å². The van der Waals surface area contributed by atoms with Gasteiger partial charge in [-0.05, 0) is 11.6 Å². The molecule has 8 heteroatoms. The first-order valence-electron chi connectivity index (χ1n) is 3.92. The fourth-order valence-electron chi connectivity index (χ4n) is 0.700. The number of aliphatic carboxylic acids is 1. The Balaban J connectivity index is 2.60. The number of halogens is 1. The Morgan fingerprint density at radius 1 is 1.53 bits per heavy atom. The number of carboxylic acid groups (broad SMARTS) is 1. The van der Waals surface area contributed by atoms with Gasteiger partial charge in [-0.3, -0.25) is 4.79 Å². The second-order valence-corrected chi connectivity index (χ2v) is 3.77. The lowest BCUT2D eigenvalue weighted by molar-refractivity contribution is -0.136. The van der Waals surface area contributed by atoms with Crippen molar-refractivity contribution in [3.8, 4) is 6.01 Å². The third-order valence-electron chi connectivity index (χ3n) is 1.30. The molecule has 0 atom stereocenters. The molecule has 6 nitrogen and oxygen atoms in total. The maximum absolute atomic E-state index is 10.3. The van der Waals surface area contributed by atoms with Crippen LogP contribution in [0.15, 0.2) is 5.16 Å². The molecule has 0 amide bonds. The van der Waals surface area contributed by atoms with E-state index in [1.54, 1.807) is 0 Å². The highest BCUT2D eigenvalue weighted by molar-refractivity contribution is 7.99. The van der Waals surface area contributed by atoms with Crippen LogP contribution in [0.3, 0.4) is 0 Å². The maximum atomic E-state index is 10.3. The fraction of sp³-hybridized carbons (Fsp3) is 0.429. The van der Waals surface area contributed by atoms with Gasteiger partial charge in [0.2, 0.25) is 5.28 Å². The van der Waals surface area contributed by atoms with E-state index in [4.69, 9.17) is 21.4 Å². The minimum atomic E-state index is -0.866. The number of aromatic nitrogens is 3. The molecule has 1 aromatic rings. The van der Waals surface area contributed by atoms with E-state index < -0.39 is 5.97 Å². The average molecular weight is 250 g/mol. The summed E-state index contributed by atoms with van der Waals surface area (Å²) in [6.45, 7) is 0. The zero-order valence-corrected chi connectivity index (χ0v) is 9.38. The summed E-state index contributed by atoms with van der Waals surface area (Å²) in [5.41, 5.74) is 0. The van der Waals surface area contributed by atoms with E-state index in [1.807, 2.05) is 0 Å². The van der Waals surface area contributed by atoms with Gasteiger partial charge in [0, 0.05) is 5.75 Å². The normalized spacial score (nSPS) is 10.0. The molecule has 0 unspecified atom stereocenters. The van der Waals surface area contributed by atoms with Crippen LogP contribution < -0.4 is 4.74 Å². The molecular weight excluding hydrogens is 242 g/mol. The summed E-state index contributed by atoms with van der Waals surface area (Å²) in [5.74, 6) is -0.492. The minimum absolute atomic E-state index is 0.0275. The highest BCUT2D eigenvalue weighted by atomic mass is 35.5. The Hall–Kier alpha value is -1.08. The summed E-state index contributed by atoms with van der Waals surface area (Å²) >= 11 is 6.78. The van der Waals surface area contributed by atoms with Gasteiger partial charge in [-0.2, -0.15) is 15.0 Å². The third-order valence-corrected chi connectivity index (χ3v) is 2.31. The number of ether oxygens (including phenoxy) is 1. The number of nitrogens with zero attached hydrogens (tertiary/aromatic N) is 3. The lowest BCUT2D eigenvalue weighted by Crippen LogP contribution is -1.99. The quantitative estimate of drug-likeness (QED) is 0.782. The number of carbonyl (C=O) groups is 1. The first-order valence-corrected chi connectivity index (χ1v) is 5.28. The predicted octanol–water partition coefficient (Wildman–Crippen LogP) is 1.10. The number of hydrogen-bond acceptors (Lipinski definition) is 6. The molecule has 0 bridgehead atoms. The molecule has 0 fully saturated rings. The van der Waals surface area contributed by atoms with E-state index in [0.29, 0.717) is 10.9 Å². The molecule has 0 radical (unpaired) electrons. The standard InChI is InChI=1S/C7H8ClN3O3S/c1-14-6-9-5(8)10-7(11-6)15-3-2-4(12)13/h2-3H2,1H3,(H,12,13). The summed E-state index contributed by atoms with van der Waals surface area (Å²) in [7, 11) is 1.41. The number of thioether (sulfide) groups is 1. The molecule has 0 spiro atoms. The number of methoxy groups -OCH3 is 1. The number of hydrogen-bond donors (Lipinski definition) is 1. The van der Waals surface area contributed by atoms with E-state index in [1.165, 1.54) is 18.9 Å². The van der Waals surface area contributed by atoms with Gasteiger partial charge in [-0.25, -0.2) is 0 Å². The van der Waals surface area contributed by atoms with E-state index in [-0.39, 0.29) is 17.7 Å². The SMILES string of the molecule is COc1nc(Cl)nc(SCCC(=O)O)n1. The molecule has 0 aromatic carbocycles. The van der Waals surface area contributed by atoms with Crippen LogP contribution in [0.1, 0.15) is 6.42 Å². The highest BCUT2D eigenvalue weighted by Crippen LogP contribution is 2.17. The smallest absolute Gasteiger partial charge is 0.321 e. The summed E-state index contributed by atoms with van der Waals surface area (Å²) in [6.07, 6.45) is 0.0380. The largest absolute Gasteiger partial charge is 0.481 e. The summed E-state index contributed by atoms with van der Waals surface area (Å²) in [5, 5.41) is 8.81. The first kappa shape index (κ1) is 12.0. The monoisotopic (exact) mass is 249 g/mol. The lowest BCUT2D eigenvalue weighted by Gasteiger charge is -2.01. The van der Waals surface area contributed by atoms with Crippen molar-refractivity contribution in [2.75, 3.05) is 12.9 Å². The zero-order valence-electron chi connectivity index (χ0n) is 7.81. The summed E-state index contributed by atoms with van der Waals surface area (Å²) in [4.78, 5) is 21.7. The Labute approximate surface area is 95.0 Å². The summed E-state index contributed by atoms with van der Waals surface area (Å²) in [6, 6.07) is 0.118. The second-order valence-electron chi connectivity index (χ2n) is 2.37. The van der Waals surface area contributed by atoms with Gasteiger partial charge in [0.15, 0.2) is 5.16 Å². The molecule has 1 aromatic heterocycles. The molecule has 82 valence electrons. The Kier molecular flexibility index (Phi) is 4.57. The van der Waals surface area contributed by atoms with Gasteiger partial charge in [0.05, 0.1) is 13.5 Å². The van der Waals surface area contributed by atoms with E-state index in [9.17, 15) is 4.79 Å². The molecule has 0 aliphatic heterocycles. The Morgan fingerprint density at radius 2 is 2.27 bits per heavy atom. The van der Waals surface area contributed by atoms with Crippen LogP contribution in [0, 0.1) is 0 Å². The van der Waals surface area contributed by atoms with E-state index >= 15 is 0 Å². The Bertz CT molecular complexity index is 363. The van der Waals surface area contributed by atoms with Crippen LogP contribution in [-0.4, -0.2) is 38.9 Å². The van der Waals surface area contributed by atoms with Gasteiger partial charge < -0.3 is 9.84 Å². The second kappa shape index (κ2) is 5.72. The van der Waals surface area contributed by atoms with Crippen molar-refractivity contribution in [3.05, 3.63) is 5.28 Å². The van der Waals surface area contributed by atoms with E-state index in [2.05, 4.69) is 15.0 Å². The molecular formula is C7H8ClN3O3S.